The van der Waals surface area contributed by atoms with Gasteiger partial charge in [-0.1, -0.05) is 6.07 Å². The van der Waals surface area contributed by atoms with Gasteiger partial charge in [-0.2, -0.15) is 18.2 Å². The Bertz CT molecular complexity index is 706. The zero-order chi connectivity index (χ0) is 17.7. The van der Waals surface area contributed by atoms with Crippen LogP contribution in [0.25, 0.3) is 0 Å². The lowest BCUT2D eigenvalue weighted by atomic mass is 10.2. The third kappa shape index (κ3) is 4.54. The molecule has 0 saturated carbocycles. The van der Waals surface area contributed by atoms with Gasteiger partial charge in [-0.05, 0) is 25.5 Å². The van der Waals surface area contributed by atoms with E-state index in [-0.39, 0.29) is 30.5 Å². The van der Waals surface area contributed by atoms with Crippen LogP contribution in [-0.4, -0.2) is 28.2 Å². The van der Waals surface area contributed by atoms with Crippen LogP contribution in [0.3, 0.4) is 0 Å². The standard InChI is InChI=1S/C15H16F4N4O/c1-9-10(16)4-2-5-11(9)21-13-8-12(15(17,18)19)22-14(23-13)20-6-3-7-24/h2,4-5,8,24H,3,6-7H2,1H3,(H2,20,21,22,23). The van der Waals surface area contributed by atoms with Gasteiger partial charge in [0.2, 0.25) is 5.95 Å². The van der Waals surface area contributed by atoms with Gasteiger partial charge >= 0.3 is 6.18 Å². The summed E-state index contributed by atoms with van der Waals surface area (Å²) in [6.45, 7) is 1.61. The fourth-order valence-electron chi connectivity index (χ4n) is 1.90. The molecule has 1 heterocycles. The highest BCUT2D eigenvalue weighted by atomic mass is 19.4. The van der Waals surface area contributed by atoms with Crippen molar-refractivity contribution in [2.24, 2.45) is 0 Å². The molecule has 0 aliphatic carbocycles. The fraction of sp³-hybridized carbons (Fsp3) is 0.333. The lowest BCUT2D eigenvalue weighted by molar-refractivity contribution is -0.141. The van der Waals surface area contributed by atoms with E-state index in [0.717, 1.165) is 6.07 Å². The Kier molecular flexibility index (Phi) is 5.55. The molecule has 0 bridgehead atoms. The van der Waals surface area contributed by atoms with Gasteiger partial charge < -0.3 is 15.7 Å². The monoisotopic (exact) mass is 344 g/mol. The Morgan fingerprint density at radius 2 is 1.96 bits per heavy atom. The number of aromatic nitrogens is 2. The van der Waals surface area contributed by atoms with Gasteiger partial charge in [0.05, 0.1) is 0 Å². The summed E-state index contributed by atoms with van der Waals surface area (Å²) in [7, 11) is 0. The molecule has 2 rings (SSSR count). The Morgan fingerprint density at radius 3 is 2.62 bits per heavy atom. The zero-order valence-electron chi connectivity index (χ0n) is 12.8. The molecule has 9 heteroatoms. The first-order valence-electron chi connectivity index (χ1n) is 7.14. The van der Waals surface area contributed by atoms with Crippen molar-refractivity contribution in [3.63, 3.8) is 0 Å². The lowest BCUT2D eigenvalue weighted by Gasteiger charge is -2.14. The molecule has 1 aromatic heterocycles. The van der Waals surface area contributed by atoms with E-state index in [0.29, 0.717) is 12.1 Å². The number of benzene rings is 1. The van der Waals surface area contributed by atoms with Crippen LogP contribution in [0, 0.1) is 12.7 Å². The molecule has 0 fully saturated rings. The second-order valence-corrected chi connectivity index (χ2v) is 5.00. The molecule has 5 nitrogen and oxygen atoms in total. The first-order valence-corrected chi connectivity index (χ1v) is 7.14. The van der Waals surface area contributed by atoms with Crippen LogP contribution in [0.1, 0.15) is 17.7 Å². The molecular weight excluding hydrogens is 328 g/mol. The molecule has 2 aromatic rings. The molecule has 0 amide bonds. The first kappa shape index (κ1) is 17.9. The molecule has 24 heavy (non-hydrogen) atoms. The highest BCUT2D eigenvalue weighted by molar-refractivity contribution is 5.61. The van der Waals surface area contributed by atoms with Crippen LogP contribution >= 0.6 is 0 Å². The number of aliphatic hydroxyl groups excluding tert-OH is 1. The maximum atomic E-state index is 13.5. The number of rotatable bonds is 6. The van der Waals surface area contributed by atoms with E-state index in [9.17, 15) is 17.6 Å². The summed E-state index contributed by atoms with van der Waals surface area (Å²) in [5, 5.41) is 14.0. The van der Waals surface area contributed by atoms with Gasteiger partial charge in [-0.15, -0.1) is 0 Å². The van der Waals surface area contributed by atoms with Crippen molar-refractivity contribution in [3.05, 3.63) is 41.3 Å². The van der Waals surface area contributed by atoms with Crippen molar-refractivity contribution < 1.29 is 22.7 Å². The minimum atomic E-state index is -4.65. The van der Waals surface area contributed by atoms with Crippen LogP contribution in [0.4, 0.5) is 35.0 Å². The Hall–Kier alpha value is -2.42. The van der Waals surface area contributed by atoms with E-state index in [2.05, 4.69) is 20.6 Å². The Morgan fingerprint density at radius 1 is 1.21 bits per heavy atom. The average Bonchev–Trinajstić information content (AvgIpc) is 2.51. The topological polar surface area (TPSA) is 70.1 Å². The molecule has 1 aromatic carbocycles. The van der Waals surface area contributed by atoms with Crippen molar-refractivity contribution in [2.45, 2.75) is 19.5 Å². The van der Waals surface area contributed by atoms with Crippen LogP contribution in [0.5, 0.6) is 0 Å². The fourth-order valence-corrected chi connectivity index (χ4v) is 1.90. The second-order valence-electron chi connectivity index (χ2n) is 5.00. The van der Waals surface area contributed by atoms with Gasteiger partial charge in [0, 0.05) is 30.5 Å². The van der Waals surface area contributed by atoms with Crippen LogP contribution in [0.15, 0.2) is 24.3 Å². The molecule has 0 spiro atoms. The lowest BCUT2D eigenvalue weighted by Crippen LogP contribution is -2.14. The van der Waals surface area contributed by atoms with Crippen LogP contribution in [-0.2, 0) is 6.18 Å². The van der Waals surface area contributed by atoms with Gasteiger partial charge in [-0.3, -0.25) is 0 Å². The summed E-state index contributed by atoms with van der Waals surface area (Å²) >= 11 is 0. The molecular formula is C15H16F4N4O. The maximum Gasteiger partial charge on any atom is 0.433 e. The number of aliphatic hydroxyl groups is 1. The summed E-state index contributed by atoms with van der Waals surface area (Å²) in [5.74, 6) is -0.821. The summed E-state index contributed by atoms with van der Waals surface area (Å²) in [4.78, 5) is 7.36. The van der Waals surface area contributed by atoms with E-state index >= 15 is 0 Å². The second kappa shape index (κ2) is 7.43. The van der Waals surface area contributed by atoms with Crippen molar-refractivity contribution in [1.82, 2.24) is 9.97 Å². The summed E-state index contributed by atoms with van der Waals surface area (Å²) in [5.41, 5.74) is -0.553. The molecule has 0 saturated heterocycles. The first-order chi connectivity index (χ1) is 11.3. The van der Waals surface area contributed by atoms with E-state index in [1.807, 2.05) is 0 Å². The minimum Gasteiger partial charge on any atom is -0.396 e. The molecule has 0 radical (unpaired) electrons. The van der Waals surface area contributed by atoms with Gasteiger partial charge in [0.1, 0.15) is 11.6 Å². The number of halogens is 4. The minimum absolute atomic E-state index is 0.112. The number of anilines is 3. The third-order valence-electron chi connectivity index (χ3n) is 3.17. The number of nitrogens with zero attached hydrogens (tertiary/aromatic N) is 2. The Labute approximate surface area is 135 Å². The molecule has 0 aliphatic heterocycles. The number of hydrogen-bond acceptors (Lipinski definition) is 5. The van der Waals surface area contributed by atoms with E-state index in [1.165, 1.54) is 25.1 Å². The van der Waals surface area contributed by atoms with Crippen molar-refractivity contribution in [3.8, 4) is 0 Å². The molecule has 0 aliphatic rings. The highest BCUT2D eigenvalue weighted by Gasteiger charge is 2.33. The van der Waals surface area contributed by atoms with Crippen LogP contribution < -0.4 is 10.6 Å². The summed E-state index contributed by atoms with van der Waals surface area (Å²) in [6.07, 6.45) is -4.31. The predicted molar refractivity (Wildman–Crippen MR) is 81.6 cm³/mol. The molecule has 0 unspecified atom stereocenters. The molecule has 3 N–H and O–H groups in total. The Balaban J connectivity index is 2.33. The van der Waals surface area contributed by atoms with Gasteiger partial charge in [0.15, 0.2) is 5.69 Å². The summed E-state index contributed by atoms with van der Waals surface area (Å²) < 4.78 is 52.5. The number of nitrogens with one attached hydrogen (secondary N) is 2. The van der Waals surface area contributed by atoms with E-state index in [4.69, 9.17) is 5.11 Å². The van der Waals surface area contributed by atoms with E-state index in [1.54, 1.807) is 0 Å². The van der Waals surface area contributed by atoms with Crippen molar-refractivity contribution in [2.75, 3.05) is 23.8 Å². The van der Waals surface area contributed by atoms with Crippen molar-refractivity contribution in [1.29, 1.82) is 0 Å². The summed E-state index contributed by atoms with van der Waals surface area (Å²) in [6, 6.07) is 4.98. The van der Waals surface area contributed by atoms with Crippen molar-refractivity contribution >= 4 is 17.5 Å². The normalized spacial score (nSPS) is 11.4. The third-order valence-corrected chi connectivity index (χ3v) is 3.17. The zero-order valence-corrected chi connectivity index (χ0v) is 12.8. The average molecular weight is 344 g/mol. The van der Waals surface area contributed by atoms with E-state index < -0.39 is 17.7 Å². The SMILES string of the molecule is Cc1c(F)cccc1Nc1cc(C(F)(F)F)nc(NCCCO)n1. The van der Waals surface area contributed by atoms with Crippen LogP contribution in [0.2, 0.25) is 0 Å². The molecule has 130 valence electrons. The largest absolute Gasteiger partial charge is 0.433 e. The molecule has 0 atom stereocenters. The number of hydrogen-bond donors (Lipinski definition) is 3. The van der Waals surface area contributed by atoms with Gasteiger partial charge in [0.25, 0.3) is 0 Å². The smallest absolute Gasteiger partial charge is 0.396 e. The maximum absolute atomic E-state index is 13.5. The quantitative estimate of drug-likeness (QED) is 0.553. The highest BCUT2D eigenvalue weighted by Crippen LogP contribution is 2.31. The predicted octanol–water partition coefficient (Wildman–Crippen LogP) is 3.48. The number of alkyl halides is 3. The van der Waals surface area contributed by atoms with Gasteiger partial charge in [-0.25, -0.2) is 9.37 Å².